The van der Waals surface area contributed by atoms with Crippen LogP contribution in [0.2, 0.25) is 0 Å². The van der Waals surface area contributed by atoms with Crippen molar-refractivity contribution in [1.82, 2.24) is 20.4 Å². The zero-order valence-corrected chi connectivity index (χ0v) is 15.3. The number of hydrogen-bond donors (Lipinski definition) is 1. The topological polar surface area (TPSA) is 83.7 Å². The van der Waals surface area contributed by atoms with Gasteiger partial charge in [0.15, 0.2) is 5.58 Å². The Kier molecular flexibility index (Phi) is 4.64. The van der Waals surface area contributed by atoms with Gasteiger partial charge in [0, 0.05) is 63.3 Å². The molecule has 1 N–H and O–H groups in total. The Hall–Kier alpha value is -3.13. The number of benzene rings is 1. The van der Waals surface area contributed by atoms with E-state index in [-0.39, 0.29) is 6.04 Å². The van der Waals surface area contributed by atoms with Gasteiger partial charge in [-0.25, -0.2) is 4.79 Å². The quantitative estimate of drug-likeness (QED) is 0.761. The molecule has 0 spiro atoms. The molecule has 1 aliphatic rings. The lowest BCUT2D eigenvalue weighted by atomic mass is 10.0. The van der Waals surface area contributed by atoms with E-state index in [1.807, 2.05) is 18.2 Å². The molecule has 1 amide bonds. The number of piperazine rings is 1. The molecule has 0 radical (unpaired) electrons. The highest BCUT2D eigenvalue weighted by Gasteiger charge is 2.28. The maximum atomic E-state index is 11.7. The van der Waals surface area contributed by atoms with Gasteiger partial charge in [-0.1, -0.05) is 5.16 Å². The highest BCUT2D eigenvalue weighted by atomic mass is 16.6. The second kappa shape index (κ2) is 7.24. The minimum Gasteiger partial charge on any atom is -0.410 e. The van der Waals surface area contributed by atoms with Crippen molar-refractivity contribution in [2.75, 3.05) is 38.6 Å². The second-order valence-electron chi connectivity index (χ2n) is 6.61. The molecule has 8 heteroatoms. The van der Waals surface area contributed by atoms with Crippen molar-refractivity contribution in [2.45, 2.75) is 6.04 Å². The Morgan fingerprint density at radius 3 is 2.89 bits per heavy atom. The van der Waals surface area contributed by atoms with Crippen LogP contribution in [0.1, 0.15) is 11.7 Å². The second-order valence-corrected chi connectivity index (χ2v) is 6.61. The van der Waals surface area contributed by atoms with E-state index in [4.69, 9.17) is 9.26 Å². The van der Waals surface area contributed by atoms with Crippen LogP contribution in [0.25, 0.3) is 11.0 Å². The number of ether oxygens (including phenoxy) is 1. The van der Waals surface area contributed by atoms with Crippen molar-refractivity contribution in [1.29, 1.82) is 0 Å². The van der Waals surface area contributed by atoms with Crippen LogP contribution in [0, 0.1) is 0 Å². The zero-order chi connectivity index (χ0) is 18.8. The third-order valence-corrected chi connectivity index (χ3v) is 4.60. The number of nitrogens with zero attached hydrogens (tertiary/aromatic N) is 4. The van der Waals surface area contributed by atoms with Crippen molar-refractivity contribution in [3.05, 3.63) is 48.4 Å². The summed E-state index contributed by atoms with van der Waals surface area (Å²) in [6, 6.07) is 9.38. The van der Waals surface area contributed by atoms with E-state index in [1.165, 1.54) is 4.90 Å². The average Bonchev–Trinajstić information content (AvgIpc) is 3.11. The first-order valence-corrected chi connectivity index (χ1v) is 8.79. The molecule has 0 aliphatic carbocycles. The smallest absolute Gasteiger partial charge is 0.410 e. The lowest BCUT2D eigenvalue weighted by molar-refractivity contribution is 0.172. The summed E-state index contributed by atoms with van der Waals surface area (Å²) in [5.74, 6) is 0.427. The van der Waals surface area contributed by atoms with Gasteiger partial charge in [-0.2, -0.15) is 0 Å². The largest absolute Gasteiger partial charge is 0.414 e. The van der Waals surface area contributed by atoms with Gasteiger partial charge in [0.05, 0.1) is 6.04 Å². The first kappa shape index (κ1) is 17.3. The Labute approximate surface area is 156 Å². The van der Waals surface area contributed by atoms with E-state index in [2.05, 4.69) is 20.4 Å². The van der Waals surface area contributed by atoms with Crippen LogP contribution in [-0.2, 0) is 0 Å². The summed E-state index contributed by atoms with van der Waals surface area (Å²) in [4.78, 5) is 19.5. The fraction of sp³-hybridized carbons (Fsp3) is 0.316. The number of hydrogen-bond acceptors (Lipinski definition) is 7. The number of anilines is 1. The van der Waals surface area contributed by atoms with Gasteiger partial charge in [-0.15, -0.1) is 0 Å². The molecule has 8 nitrogen and oxygen atoms in total. The minimum absolute atomic E-state index is 0.0394. The minimum atomic E-state index is -0.436. The van der Waals surface area contributed by atoms with Gasteiger partial charge < -0.3 is 24.4 Å². The number of carbonyl (C=O) groups excluding carboxylic acids is 1. The average molecular weight is 367 g/mol. The third-order valence-electron chi connectivity index (χ3n) is 4.60. The van der Waals surface area contributed by atoms with Crippen LogP contribution in [0.5, 0.6) is 5.75 Å². The molecular weight excluding hydrogens is 346 g/mol. The van der Waals surface area contributed by atoms with E-state index >= 15 is 0 Å². The van der Waals surface area contributed by atoms with Crippen LogP contribution in [0.15, 0.2) is 47.2 Å². The molecule has 1 unspecified atom stereocenters. The molecule has 140 valence electrons. The number of aromatic nitrogens is 2. The number of nitrogens with one attached hydrogen (secondary N) is 1. The third kappa shape index (κ3) is 3.43. The molecule has 1 fully saturated rings. The number of fused-ring (bicyclic) bond motifs is 1. The Bertz CT molecular complexity index is 941. The SMILES string of the molecule is CN(C)C(=O)Oc1ccc2c(C3CNCCN3c3ccncc3)noc2c1. The van der Waals surface area contributed by atoms with Gasteiger partial charge >= 0.3 is 6.09 Å². The number of carbonyl (C=O) groups is 1. The number of amides is 1. The predicted molar refractivity (Wildman–Crippen MR) is 101 cm³/mol. The number of rotatable bonds is 3. The van der Waals surface area contributed by atoms with Crippen molar-refractivity contribution in [3.63, 3.8) is 0 Å². The molecule has 27 heavy (non-hydrogen) atoms. The van der Waals surface area contributed by atoms with Crippen molar-refractivity contribution in [2.24, 2.45) is 0 Å². The normalized spacial score (nSPS) is 17.1. The van der Waals surface area contributed by atoms with Crippen molar-refractivity contribution >= 4 is 22.7 Å². The molecule has 4 rings (SSSR count). The van der Waals surface area contributed by atoms with Crippen molar-refractivity contribution in [3.8, 4) is 5.75 Å². The van der Waals surface area contributed by atoms with E-state index in [0.29, 0.717) is 11.3 Å². The highest BCUT2D eigenvalue weighted by molar-refractivity contribution is 5.83. The summed E-state index contributed by atoms with van der Waals surface area (Å²) in [5.41, 5.74) is 2.55. The predicted octanol–water partition coefficient (Wildman–Crippen LogP) is 2.43. The van der Waals surface area contributed by atoms with Crippen LogP contribution in [0.3, 0.4) is 0 Å². The van der Waals surface area contributed by atoms with Crippen LogP contribution < -0.4 is 15.0 Å². The molecule has 3 aromatic rings. The van der Waals surface area contributed by atoms with Crippen LogP contribution in [0.4, 0.5) is 10.5 Å². The highest BCUT2D eigenvalue weighted by Crippen LogP contribution is 2.33. The first-order valence-electron chi connectivity index (χ1n) is 8.79. The van der Waals surface area contributed by atoms with Gasteiger partial charge in [-0.05, 0) is 24.3 Å². The van der Waals surface area contributed by atoms with Gasteiger partial charge in [0.2, 0.25) is 0 Å². The summed E-state index contributed by atoms with van der Waals surface area (Å²) in [6.45, 7) is 2.53. The summed E-state index contributed by atoms with van der Waals surface area (Å²) >= 11 is 0. The van der Waals surface area contributed by atoms with E-state index in [9.17, 15) is 4.79 Å². The molecule has 1 saturated heterocycles. The van der Waals surface area contributed by atoms with E-state index < -0.39 is 6.09 Å². The van der Waals surface area contributed by atoms with Gasteiger partial charge in [-0.3, -0.25) is 4.98 Å². The maximum Gasteiger partial charge on any atom is 0.414 e. The summed E-state index contributed by atoms with van der Waals surface area (Å²) in [6.07, 6.45) is 3.15. The molecule has 3 heterocycles. The van der Waals surface area contributed by atoms with E-state index in [1.54, 1.807) is 38.6 Å². The summed E-state index contributed by atoms with van der Waals surface area (Å²) < 4.78 is 10.8. The molecule has 1 aromatic carbocycles. The molecular formula is C19H21N5O3. The van der Waals surface area contributed by atoms with E-state index in [0.717, 1.165) is 36.4 Å². The summed E-state index contributed by atoms with van der Waals surface area (Å²) in [7, 11) is 3.27. The zero-order valence-electron chi connectivity index (χ0n) is 15.3. The first-order chi connectivity index (χ1) is 13.1. The standard InChI is InChI=1S/C19H21N5O3/c1-23(2)19(25)26-14-3-4-15-17(11-14)27-22-18(15)16-12-21-9-10-24(16)13-5-7-20-8-6-13/h3-8,11,16,21H,9-10,12H2,1-2H3. The molecule has 0 bridgehead atoms. The van der Waals surface area contributed by atoms with Gasteiger partial charge in [0.1, 0.15) is 11.4 Å². The lowest BCUT2D eigenvalue weighted by Crippen LogP contribution is -2.46. The Morgan fingerprint density at radius 2 is 2.11 bits per heavy atom. The Morgan fingerprint density at radius 1 is 1.30 bits per heavy atom. The van der Waals surface area contributed by atoms with Crippen molar-refractivity contribution < 1.29 is 14.1 Å². The van der Waals surface area contributed by atoms with Crippen LogP contribution in [-0.4, -0.2) is 54.9 Å². The molecule has 0 saturated carbocycles. The number of pyridine rings is 1. The van der Waals surface area contributed by atoms with Crippen LogP contribution >= 0.6 is 0 Å². The fourth-order valence-electron chi connectivity index (χ4n) is 3.23. The molecule has 2 aromatic heterocycles. The summed E-state index contributed by atoms with van der Waals surface area (Å²) in [5, 5.41) is 8.66. The Balaban J connectivity index is 1.65. The molecule has 1 atom stereocenters. The monoisotopic (exact) mass is 367 g/mol. The lowest BCUT2D eigenvalue weighted by Gasteiger charge is -2.36. The molecule has 1 aliphatic heterocycles. The fourth-order valence-corrected chi connectivity index (χ4v) is 3.23. The van der Waals surface area contributed by atoms with Gasteiger partial charge in [0.25, 0.3) is 0 Å². The maximum absolute atomic E-state index is 11.7.